The number of nitrogens with one attached hydrogen (secondary N) is 1. The minimum atomic E-state index is 0.0116. The van der Waals surface area contributed by atoms with Gasteiger partial charge in [0.2, 0.25) is 5.91 Å². The maximum absolute atomic E-state index is 12.3. The number of benzene rings is 1. The van der Waals surface area contributed by atoms with Gasteiger partial charge in [0.15, 0.2) is 0 Å². The summed E-state index contributed by atoms with van der Waals surface area (Å²) in [5.41, 5.74) is 2.61. The summed E-state index contributed by atoms with van der Waals surface area (Å²) in [5.74, 6) is 5.94. The quantitative estimate of drug-likeness (QED) is 0.837. The standard InChI is InChI=1S/C17H21NO3/c1-13-5-6-14(4-2-3-9-19)16(12-13)18-17(20)15-7-10-21-11-8-15/h5-6,12,15,19H,3,7-11H2,1H3,(H,18,20). The summed E-state index contributed by atoms with van der Waals surface area (Å²) in [6.45, 7) is 3.32. The van der Waals surface area contributed by atoms with Crippen molar-refractivity contribution in [2.45, 2.75) is 26.2 Å². The first-order valence-corrected chi connectivity index (χ1v) is 7.29. The molecular weight excluding hydrogens is 266 g/mol. The van der Waals surface area contributed by atoms with E-state index < -0.39 is 0 Å². The molecule has 0 aliphatic carbocycles. The summed E-state index contributed by atoms with van der Waals surface area (Å²) in [4.78, 5) is 12.3. The minimum Gasteiger partial charge on any atom is -0.395 e. The van der Waals surface area contributed by atoms with E-state index in [1.165, 1.54) is 0 Å². The van der Waals surface area contributed by atoms with Crippen molar-refractivity contribution in [3.63, 3.8) is 0 Å². The molecule has 1 aliphatic rings. The molecule has 1 aromatic carbocycles. The highest BCUT2D eigenvalue weighted by atomic mass is 16.5. The Hall–Kier alpha value is -1.83. The third kappa shape index (κ3) is 4.59. The fourth-order valence-electron chi connectivity index (χ4n) is 2.28. The van der Waals surface area contributed by atoms with Gasteiger partial charge in [0.25, 0.3) is 0 Å². The molecule has 1 saturated heterocycles. The Balaban J connectivity index is 2.12. The Kier molecular flexibility index (Phi) is 5.79. The van der Waals surface area contributed by atoms with Gasteiger partial charge in [-0.3, -0.25) is 4.79 Å². The maximum atomic E-state index is 12.3. The third-order valence-corrected chi connectivity index (χ3v) is 3.48. The summed E-state index contributed by atoms with van der Waals surface area (Å²) in [6, 6.07) is 5.80. The van der Waals surface area contributed by atoms with Gasteiger partial charge in [-0.05, 0) is 37.5 Å². The molecule has 4 nitrogen and oxygen atoms in total. The average molecular weight is 287 g/mol. The van der Waals surface area contributed by atoms with Crippen LogP contribution >= 0.6 is 0 Å². The van der Waals surface area contributed by atoms with Crippen LogP contribution in [0, 0.1) is 24.7 Å². The zero-order valence-electron chi connectivity index (χ0n) is 12.3. The number of aryl methyl sites for hydroxylation is 1. The number of hydrogen-bond acceptors (Lipinski definition) is 3. The van der Waals surface area contributed by atoms with Gasteiger partial charge in [-0.1, -0.05) is 17.9 Å². The molecule has 2 N–H and O–H groups in total. The number of aliphatic hydroxyl groups excluding tert-OH is 1. The summed E-state index contributed by atoms with van der Waals surface area (Å²) >= 11 is 0. The molecule has 0 saturated carbocycles. The lowest BCUT2D eigenvalue weighted by Gasteiger charge is -2.21. The second-order valence-corrected chi connectivity index (χ2v) is 5.20. The molecule has 0 spiro atoms. The van der Waals surface area contributed by atoms with Crippen LogP contribution < -0.4 is 5.32 Å². The second kappa shape index (κ2) is 7.82. The van der Waals surface area contributed by atoms with Crippen molar-refractivity contribution < 1.29 is 14.6 Å². The maximum Gasteiger partial charge on any atom is 0.227 e. The summed E-state index contributed by atoms with van der Waals surface area (Å²) in [5, 5.41) is 11.8. The molecule has 1 aliphatic heterocycles. The lowest BCUT2D eigenvalue weighted by atomic mass is 9.99. The van der Waals surface area contributed by atoms with Crippen molar-refractivity contribution in [2.75, 3.05) is 25.1 Å². The van der Waals surface area contributed by atoms with Crippen molar-refractivity contribution >= 4 is 11.6 Å². The summed E-state index contributed by atoms with van der Waals surface area (Å²) < 4.78 is 5.28. The Morgan fingerprint density at radius 1 is 1.43 bits per heavy atom. The van der Waals surface area contributed by atoms with Crippen LogP contribution in [-0.4, -0.2) is 30.8 Å². The Labute approximate surface area is 125 Å². The number of ether oxygens (including phenoxy) is 1. The van der Waals surface area contributed by atoms with Gasteiger partial charge in [0.05, 0.1) is 12.3 Å². The van der Waals surface area contributed by atoms with Gasteiger partial charge in [-0.25, -0.2) is 0 Å². The Bertz CT molecular complexity index is 551. The fraction of sp³-hybridized carbons (Fsp3) is 0.471. The summed E-state index contributed by atoms with van der Waals surface area (Å²) in [6.07, 6.45) is 1.97. The Morgan fingerprint density at radius 3 is 2.90 bits per heavy atom. The van der Waals surface area contributed by atoms with Crippen molar-refractivity contribution in [1.82, 2.24) is 0 Å². The fourth-order valence-corrected chi connectivity index (χ4v) is 2.28. The van der Waals surface area contributed by atoms with Crippen LogP contribution in [0.25, 0.3) is 0 Å². The molecule has 4 heteroatoms. The van der Waals surface area contributed by atoms with E-state index in [9.17, 15) is 4.79 Å². The van der Waals surface area contributed by atoms with Crippen LogP contribution in [0.4, 0.5) is 5.69 Å². The van der Waals surface area contributed by atoms with Crippen LogP contribution in [0.2, 0.25) is 0 Å². The molecule has 1 heterocycles. The SMILES string of the molecule is Cc1ccc(C#CCCO)c(NC(=O)C2CCOCC2)c1. The highest BCUT2D eigenvalue weighted by molar-refractivity contribution is 5.94. The Morgan fingerprint density at radius 2 is 2.19 bits per heavy atom. The van der Waals surface area contributed by atoms with Crippen LogP contribution in [0.1, 0.15) is 30.4 Å². The van der Waals surface area contributed by atoms with E-state index in [1.807, 2.05) is 25.1 Å². The molecule has 1 aromatic rings. The normalized spacial score (nSPS) is 15.1. The van der Waals surface area contributed by atoms with Gasteiger partial charge >= 0.3 is 0 Å². The molecule has 0 radical (unpaired) electrons. The highest BCUT2D eigenvalue weighted by Crippen LogP contribution is 2.21. The first-order chi connectivity index (χ1) is 10.2. The number of anilines is 1. The van der Waals surface area contributed by atoms with E-state index in [-0.39, 0.29) is 18.4 Å². The third-order valence-electron chi connectivity index (χ3n) is 3.48. The average Bonchev–Trinajstić information content (AvgIpc) is 2.50. The molecular formula is C17H21NO3. The van der Waals surface area contributed by atoms with Gasteiger partial charge < -0.3 is 15.2 Å². The molecule has 0 atom stereocenters. The summed E-state index contributed by atoms with van der Waals surface area (Å²) in [7, 11) is 0. The number of carbonyl (C=O) groups is 1. The molecule has 21 heavy (non-hydrogen) atoms. The van der Waals surface area contributed by atoms with Crippen LogP contribution in [0.5, 0.6) is 0 Å². The molecule has 0 bridgehead atoms. The topological polar surface area (TPSA) is 58.6 Å². The molecule has 2 rings (SSSR count). The number of hydrogen-bond donors (Lipinski definition) is 2. The van der Waals surface area contributed by atoms with E-state index in [0.29, 0.717) is 19.6 Å². The van der Waals surface area contributed by atoms with E-state index >= 15 is 0 Å². The lowest BCUT2D eigenvalue weighted by molar-refractivity contribution is -0.122. The lowest BCUT2D eigenvalue weighted by Crippen LogP contribution is -2.28. The molecule has 112 valence electrons. The molecule has 0 aromatic heterocycles. The van der Waals surface area contributed by atoms with E-state index in [0.717, 1.165) is 29.7 Å². The number of aliphatic hydroxyl groups is 1. The first-order valence-electron chi connectivity index (χ1n) is 7.29. The van der Waals surface area contributed by atoms with E-state index in [2.05, 4.69) is 17.2 Å². The van der Waals surface area contributed by atoms with Crippen molar-refractivity contribution in [3.05, 3.63) is 29.3 Å². The zero-order valence-corrected chi connectivity index (χ0v) is 12.3. The first kappa shape index (κ1) is 15.6. The van der Waals surface area contributed by atoms with Gasteiger partial charge in [0, 0.05) is 31.1 Å². The van der Waals surface area contributed by atoms with Crippen molar-refractivity contribution in [3.8, 4) is 11.8 Å². The molecule has 0 unspecified atom stereocenters. The smallest absolute Gasteiger partial charge is 0.227 e. The highest BCUT2D eigenvalue weighted by Gasteiger charge is 2.22. The molecule has 1 fully saturated rings. The monoisotopic (exact) mass is 287 g/mol. The zero-order chi connectivity index (χ0) is 15.1. The predicted octanol–water partition coefficient (Wildman–Crippen LogP) is 2.09. The van der Waals surface area contributed by atoms with Crippen LogP contribution in [-0.2, 0) is 9.53 Å². The number of carbonyl (C=O) groups excluding carboxylic acids is 1. The van der Waals surface area contributed by atoms with Gasteiger partial charge in [-0.15, -0.1) is 0 Å². The van der Waals surface area contributed by atoms with E-state index in [1.54, 1.807) is 0 Å². The molecule has 1 amide bonds. The van der Waals surface area contributed by atoms with Gasteiger partial charge in [-0.2, -0.15) is 0 Å². The van der Waals surface area contributed by atoms with Crippen molar-refractivity contribution in [2.24, 2.45) is 5.92 Å². The predicted molar refractivity (Wildman–Crippen MR) is 81.9 cm³/mol. The van der Waals surface area contributed by atoms with E-state index in [4.69, 9.17) is 9.84 Å². The van der Waals surface area contributed by atoms with Crippen LogP contribution in [0.3, 0.4) is 0 Å². The number of amides is 1. The van der Waals surface area contributed by atoms with Crippen LogP contribution in [0.15, 0.2) is 18.2 Å². The largest absolute Gasteiger partial charge is 0.395 e. The number of rotatable bonds is 3. The minimum absolute atomic E-state index is 0.0116. The van der Waals surface area contributed by atoms with Gasteiger partial charge in [0.1, 0.15) is 0 Å². The second-order valence-electron chi connectivity index (χ2n) is 5.20. The van der Waals surface area contributed by atoms with Crippen molar-refractivity contribution in [1.29, 1.82) is 0 Å².